The van der Waals surface area contributed by atoms with E-state index in [9.17, 15) is 78.9 Å². The van der Waals surface area contributed by atoms with Crippen molar-refractivity contribution in [2.45, 2.75) is 24.5 Å². The summed E-state index contributed by atoms with van der Waals surface area (Å²) < 4.78 is 189. The zero-order chi connectivity index (χ0) is 51.8. The first kappa shape index (κ1) is 52.3. The van der Waals surface area contributed by atoms with Gasteiger partial charge >= 0.3 is 10.4 Å². The molecule has 6 rings (SSSR count). The van der Waals surface area contributed by atoms with Crippen LogP contribution in [0, 0.1) is 0 Å². The quantitative estimate of drug-likeness (QED) is 0.0267. The second-order valence-electron chi connectivity index (χ2n) is 13.9. The van der Waals surface area contributed by atoms with Crippen molar-refractivity contribution < 1.29 is 78.0 Å². The predicted molar refractivity (Wildman–Crippen MR) is 243 cm³/mol. The Balaban J connectivity index is 1.16. The molecule has 6 aromatic carbocycles. The van der Waals surface area contributed by atoms with E-state index in [2.05, 4.69) is 40.2 Å². The number of phenolic OH excluding ortho intramolecular Hbond substituents is 1. The van der Waals surface area contributed by atoms with Crippen LogP contribution < -0.4 is 42.9 Å². The molecule has 0 aromatic heterocycles. The highest BCUT2D eigenvalue weighted by Gasteiger charge is 2.26. The molecule has 0 heterocycles. The minimum atomic E-state index is -5.21. The Morgan fingerprint density at radius 2 is 1.21 bits per heavy atom. The van der Waals surface area contributed by atoms with Crippen molar-refractivity contribution in [3.8, 4) is 5.75 Å². The van der Waals surface area contributed by atoms with Gasteiger partial charge in [-0.25, -0.2) is 21.0 Å². The number of fused-ring (bicyclic) bond motifs is 1. The highest BCUT2D eigenvalue weighted by Crippen LogP contribution is 2.44. The molecule has 0 radical (unpaired) electrons. The average Bonchev–Trinajstić information content (AvgIpc) is 3.24. The van der Waals surface area contributed by atoms with Gasteiger partial charge in [-0.1, -0.05) is 0 Å². The first-order valence-electron chi connectivity index (χ1n) is 18.4. The summed E-state index contributed by atoms with van der Waals surface area (Å²) in [4.78, 5) is 21.8. The summed E-state index contributed by atoms with van der Waals surface area (Å²) in [5, 5.41) is 24.1. The van der Waals surface area contributed by atoms with Gasteiger partial charge in [0.2, 0.25) is 10.9 Å². The van der Waals surface area contributed by atoms with E-state index >= 15 is 0 Å². The monoisotopic (exact) mass is 1090 g/mol. The number of benzene rings is 6. The Hall–Kier alpha value is -7.12. The van der Waals surface area contributed by atoms with E-state index in [-0.39, 0.29) is 32.7 Å². The Morgan fingerprint density at radius 1 is 0.600 bits per heavy atom. The molecule has 0 saturated heterocycles. The normalized spacial score (nSPS) is 13.5. The molecule has 28 nitrogen and oxygen atoms in total. The van der Waals surface area contributed by atoms with Crippen LogP contribution >= 0.6 is 0 Å². The fraction of sp³-hybridized carbons (Fsp3) is 0.0556. The molecule has 370 valence electrons. The second-order valence-corrected chi connectivity index (χ2v) is 23.0. The number of anilines is 4. The number of nitrogens with one attached hydrogen (secondary N) is 3. The van der Waals surface area contributed by atoms with Crippen molar-refractivity contribution in [1.82, 2.24) is 0 Å². The SMILES string of the molecule is Nc1cc(S(=O)(=O)O)cc2cc(S(=O)(=O)O)c(N=Nc3ccc(S(=O)(=O)Nc4ccc(NN=c5ccc(=O)c(=NNc6ccc(S(=O)(=O)CCOS(=O)(=O)O)cc6S(=O)(=O)O)c5=O)cc4)cc3)c(O)c12. The van der Waals surface area contributed by atoms with Crippen molar-refractivity contribution in [2.75, 3.05) is 33.7 Å². The predicted octanol–water partition coefficient (Wildman–Crippen LogP) is 1.13. The van der Waals surface area contributed by atoms with E-state index in [0.29, 0.717) is 6.07 Å². The fourth-order valence-corrected chi connectivity index (χ4v) is 10.4. The standard InChI is InChI=1S/C36H30N8O20S6/c37-26-17-25(67(52,53)54)15-19-16-31(69(58,59)60)34(36(47)32(19)26)43-39-21-5-7-23(8-6-21)66(50,51)44-22-3-1-20(2-4-22)38-41-28-11-12-29(45)33(35(28)46)42-40-27-10-9-24(18-30(27)68(55,56)57)65(48,49)14-13-64-70(61,62)63/h1-12,15-18,38,40,44,47H,13-14,37H2,(H,52,53,54)(H,55,56,57)(H,58,59,60)(H,61,62,63). The van der Waals surface area contributed by atoms with Crippen LogP contribution in [0.1, 0.15) is 0 Å². The zero-order valence-corrected chi connectivity index (χ0v) is 39.2. The first-order valence-corrected chi connectivity index (χ1v) is 27.3. The summed E-state index contributed by atoms with van der Waals surface area (Å²) in [6.07, 6.45) is 0. The molecule has 0 saturated carbocycles. The Kier molecular flexibility index (Phi) is 14.4. The van der Waals surface area contributed by atoms with Gasteiger partial charge in [-0.05, 0) is 102 Å². The molecule has 0 unspecified atom stereocenters. The van der Waals surface area contributed by atoms with Crippen molar-refractivity contribution in [3.05, 3.63) is 128 Å². The summed E-state index contributed by atoms with van der Waals surface area (Å²) >= 11 is 0. The minimum absolute atomic E-state index is 0.0234. The first-order chi connectivity index (χ1) is 32.3. The summed E-state index contributed by atoms with van der Waals surface area (Å²) in [5.74, 6) is -1.99. The van der Waals surface area contributed by atoms with Crippen LogP contribution in [0.4, 0.5) is 34.1 Å². The summed E-state index contributed by atoms with van der Waals surface area (Å²) in [6.45, 7) is -1.05. The van der Waals surface area contributed by atoms with Crippen LogP contribution in [-0.4, -0.2) is 86.2 Å². The Bertz CT molecular complexity index is 4090. The maximum absolute atomic E-state index is 13.2. The number of nitrogens with zero attached hydrogens (tertiary/aromatic N) is 4. The molecular weight excluding hydrogens is 1060 g/mol. The van der Waals surface area contributed by atoms with Gasteiger partial charge in [-0.15, -0.1) is 5.11 Å². The number of azo groups is 1. The molecule has 0 fully saturated rings. The van der Waals surface area contributed by atoms with Gasteiger partial charge in [0.05, 0.1) is 44.1 Å². The van der Waals surface area contributed by atoms with E-state index < -0.39 is 137 Å². The van der Waals surface area contributed by atoms with Crippen molar-refractivity contribution >= 4 is 106 Å². The van der Waals surface area contributed by atoms with Crippen LogP contribution in [0.15, 0.2) is 152 Å². The van der Waals surface area contributed by atoms with Gasteiger partial charge in [0.25, 0.3) is 40.4 Å². The molecule has 10 N–H and O–H groups in total. The second kappa shape index (κ2) is 19.3. The van der Waals surface area contributed by atoms with Gasteiger partial charge in [0, 0.05) is 16.8 Å². The van der Waals surface area contributed by atoms with Crippen LogP contribution in [0.3, 0.4) is 0 Å². The molecule has 34 heteroatoms. The van der Waals surface area contributed by atoms with E-state index in [1.807, 2.05) is 0 Å². The van der Waals surface area contributed by atoms with Crippen molar-refractivity contribution in [3.63, 3.8) is 0 Å². The molecule has 0 amide bonds. The van der Waals surface area contributed by atoms with Crippen molar-refractivity contribution in [1.29, 1.82) is 0 Å². The van der Waals surface area contributed by atoms with Crippen molar-refractivity contribution in [2.24, 2.45) is 20.4 Å². The van der Waals surface area contributed by atoms with Crippen LogP contribution in [0.25, 0.3) is 10.8 Å². The molecule has 6 aromatic rings. The van der Waals surface area contributed by atoms with Gasteiger partial charge < -0.3 is 10.8 Å². The smallest absolute Gasteiger partial charge is 0.397 e. The minimum Gasteiger partial charge on any atom is -0.505 e. The number of sulfone groups is 1. The number of nitrogen functional groups attached to an aromatic ring is 1. The third kappa shape index (κ3) is 12.4. The lowest BCUT2D eigenvalue weighted by molar-refractivity contribution is 0.284. The van der Waals surface area contributed by atoms with E-state index in [4.69, 9.17) is 10.3 Å². The number of aromatic hydroxyl groups is 1. The van der Waals surface area contributed by atoms with E-state index in [0.717, 1.165) is 66.7 Å². The number of hydrogen-bond donors (Lipinski definition) is 9. The molecule has 0 spiro atoms. The number of nitrogens with two attached hydrogens (primary N) is 1. The summed E-state index contributed by atoms with van der Waals surface area (Å²) in [5.41, 5.74) is 6.66. The number of rotatable bonds is 17. The van der Waals surface area contributed by atoms with Gasteiger partial charge in [0.1, 0.15) is 20.8 Å². The van der Waals surface area contributed by atoms with Crippen LogP contribution in [0.2, 0.25) is 0 Å². The highest BCUT2D eigenvalue weighted by molar-refractivity contribution is 7.92. The third-order valence-corrected chi connectivity index (χ3v) is 15.3. The molecule has 0 bridgehead atoms. The van der Waals surface area contributed by atoms with Gasteiger partial charge in [-0.2, -0.15) is 49.0 Å². The molecule has 0 atom stereocenters. The lowest BCUT2D eigenvalue weighted by atomic mass is 10.1. The van der Waals surface area contributed by atoms with E-state index in [1.165, 1.54) is 24.3 Å². The summed E-state index contributed by atoms with van der Waals surface area (Å²) in [6, 6.07) is 16.0. The zero-order valence-electron chi connectivity index (χ0n) is 34.3. The summed E-state index contributed by atoms with van der Waals surface area (Å²) in [7, 11) is -29.0. The number of phenols is 1. The highest BCUT2D eigenvalue weighted by atomic mass is 32.3. The lowest BCUT2D eigenvalue weighted by Gasteiger charge is -2.12. The van der Waals surface area contributed by atoms with Gasteiger partial charge in [0.15, 0.2) is 20.9 Å². The van der Waals surface area contributed by atoms with E-state index in [1.54, 1.807) is 0 Å². The largest absolute Gasteiger partial charge is 0.505 e. The van der Waals surface area contributed by atoms with Crippen LogP contribution in [-0.2, 0) is 64.8 Å². The number of sulfonamides is 1. The molecule has 70 heavy (non-hydrogen) atoms. The molecule has 0 aliphatic heterocycles. The third-order valence-electron chi connectivity index (χ3n) is 9.12. The Labute approximate surface area is 394 Å². The molecule has 0 aliphatic carbocycles. The Morgan fingerprint density at radius 3 is 1.81 bits per heavy atom. The fourth-order valence-electron chi connectivity index (χ4n) is 5.91. The lowest BCUT2D eigenvalue weighted by Crippen LogP contribution is -2.48. The topological polar surface area (TPSA) is 461 Å². The molecular formula is C36H30N8O20S6. The van der Waals surface area contributed by atoms with Gasteiger partial charge in [-0.3, -0.25) is 43.4 Å². The maximum Gasteiger partial charge on any atom is 0.397 e. The maximum atomic E-state index is 13.2. The molecule has 0 aliphatic rings. The average molecular weight is 1090 g/mol. The van der Waals surface area contributed by atoms with Crippen LogP contribution in [0.5, 0.6) is 5.75 Å². The number of hydrogen-bond acceptors (Lipinski definition) is 23.